The van der Waals surface area contributed by atoms with Gasteiger partial charge in [-0.3, -0.25) is 4.79 Å². The molecule has 1 aliphatic heterocycles. The summed E-state index contributed by atoms with van der Waals surface area (Å²) < 4.78 is 5.28. The Kier molecular flexibility index (Phi) is 4.74. The van der Waals surface area contributed by atoms with Crippen LogP contribution >= 0.6 is 0 Å². The molecule has 1 atom stereocenters. The second kappa shape index (κ2) is 6.97. The molecule has 0 spiro atoms. The summed E-state index contributed by atoms with van der Waals surface area (Å²) in [4.78, 5) is 12.7. The molecule has 1 heterocycles. The number of methoxy groups -OCH3 is 1. The zero-order chi connectivity index (χ0) is 18.0. The Bertz CT molecular complexity index is 814. The number of aromatic hydroxyl groups is 1. The van der Waals surface area contributed by atoms with E-state index in [4.69, 9.17) is 4.74 Å². The molecular weight excluding hydrogens is 316 g/mol. The van der Waals surface area contributed by atoms with Crippen molar-refractivity contribution in [2.24, 2.45) is 11.0 Å². The summed E-state index contributed by atoms with van der Waals surface area (Å²) in [5.74, 6) is 0.678. The third kappa shape index (κ3) is 3.36. The summed E-state index contributed by atoms with van der Waals surface area (Å²) >= 11 is 0. The molecule has 0 radical (unpaired) electrons. The Morgan fingerprint density at radius 2 is 2.00 bits per heavy atom. The number of hydrogen-bond donors (Lipinski definition) is 1. The van der Waals surface area contributed by atoms with Gasteiger partial charge in [0.25, 0.3) is 0 Å². The number of phenolic OH excluding ortho intramolecular Hbond substituents is 1. The molecule has 0 unspecified atom stereocenters. The van der Waals surface area contributed by atoms with Gasteiger partial charge in [0, 0.05) is 23.5 Å². The molecule has 0 aliphatic carbocycles. The van der Waals surface area contributed by atoms with Crippen LogP contribution in [0.1, 0.15) is 37.4 Å². The van der Waals surface area contributed by atoms with Gasteiger partial charge in [-0.15, -0.1) is 0 Å². The number of hydrogen-bond acceptors (Lipinski definition) is 4. The van der Waals surface area contributed by atoms with Gasteiger partial charge < -0.3 is 9.84 Å². The Labute approximate surface area is 147 Å². The molecular formula is C20H22N2O3. The number of benzene rings is 2. The minimum atomic E-state index is -0.308. The van der Waals surface area contributed by atoms with Crippen molar-refractivity contribution < 1.29 is 14.6 Å². The van der Waals surface area contributed by atoms with E-state index in [0.29, 0.717) is 12.0 Å². The minimum absolute atomic E-state index is 0.0638. The highest BCUT2D eigenvalue weighted by Crippen LogP contribution is 2.37. The van der Waals surface area contributed by atoms with Gasteiger partial charge in [-0.1, -0.05) is 44.2 Å². The van der Waals surface area contributed by atoms with Crippen molar-refractivity contribution in [1.29, 1.82) is 0 Å². The number of para-hydroxylation sites is 1. The summed E-state index contributed by atoms with van der Waals surface area (Å²) in [5.41, 5.74) is 2.43. The van der Waals surface area contributed by atoms with Crippen LogP contribution in [0.4, 0.5) is 0 Å². The lowest BCUT2D eigenvalue weighted by Crippen LogP contribution is -2.30. The molecule has 0 fully saturated rings. The smallest absolute Gasteiger partial charge is 0.245 e. The maximum absolute atomic E-state index is 12.7. The fourth-order valence-electron chi connectivity index (χ4n) is 2.97. The van der Waals surface area contributed by atoms with Crippen molar-refractivity contribution in [1.82, 2.24) is 5.01 Å². The summed E-state index contributed by atoms with van der Waals surface area (Å²) in [6.07, 6.45) is 0.545. The summed E-state index contributed by atoms with van der Waals surface area (Å²) in [6.45, 7) is 3.70. The van der Waals surface area contributed by atoms with Crippen molar-refractivity contribution in [3.05, 3.63) is 59.7 Å². The van der Waals surface area contributed by atoms with Crippen molar-refractivity contribution in [2.75, 3.05) is 7.11 Å². The van der Waals surface area contributed by atoms with E-state index >= 15 is 0 Å². The van der Waals surface area contributed by atoms with Crippen LogP contribution in [0.2, 0.25) is 0 Å². The van der Waals surface area contributed by atoms with E-state index in [0.717, 1.165) is 17.0 Å². The Morgan fingerprint density at radius 3 is 2.68 bits per heavy atom. The van der Waals surface area contributed by atoms with Gasteiger partial charge in [0.1, 0.15) is 11.5 Å². The number of nitrogens with zero attached hydrogens (tertiary/aromatic N) is 2. The van der Waals surface area contributed by atoms with Gasteiger partial charge in [-0.25, -0.2) is 5.01 Å². The van der Waals surface area contributed by atoms with Gasteiger partial charge in [-0.05, 0) is 18.2 Å². The molecule has 2 aromatic carbocycles. The maximum Gasteiger partial charge on any atom is 0.245 e. The lowest BCUT2D eigenvalue weighted by atomic mass is 9.97. The third-order valence-corrected chi connectivity index (χ3v) is 4.33. The monoisotopic (exact) mass is 338 g/mol. The van der Waals surface area contributed by atoms with Crippen molar-refractivity contribution >= 4 is 11.6 Å². The molecule has 25 heavy (non-hydrogen) atoms. The van der Waals surface area contributed by atoms with Crippen LogP contribution in [0.15, 0.2) is 53.6 Å². The maximum atomic E-state index is 12.7. The van der Waals surface area contributed by atoms with Crippen LogP contribution in [-0.4, -0.2) is 28.8 Å². The fraction of sp³-hybridized carbons (Fsp3) is 0.300. The van der Waals surface area contributed by atoms with E-state index in [1.54, 1.807) is 19.2 Å². The molecule has 2 aromatic rings. The molecule has 5 heteroatoms. The number of amides is 1. The third-order valence-electron chi connectivity index (χ3n) is 4.33. The fourth-order valence-corrected chi connectivity index (χ4v) is 2.97. The van der Waals surface area contributed by atoms with Crippen LogP contribution in [0.5, 0.6) is 11.5 Å². The van der Waals surface area contributed by atoms with Gasteiger partial charge in [0.05, 0.1) is 18.9 Å². The van der Waals surface area contributed by atoms with Crippen LogP contribution in [0, 0.1) is 5.92 Å². The van der Waals surface area contributed by atoms with Crippen molar-refractivity contribution in [3.63, 3.8) is 0 Å². The highest BCUT2D eigenvalue weighted by atomic mass is 16.5. The van der Waals surface area contributed by atoms with Gasteiger partial charge in [-0.2, -0.15) is 5.10 Å². The highest BCUT2D eigenvalue weighted by Gasteiger charge is 2.35. The molecule has 3 rings (SSSR count). The van der Waals surface area contributed by atoms with E-state index in [9.17, 15) is 9.90 Å². The summed E-state index contributed by atoms with van der Waals surface area (Å²) in [5, 5.41) is 16.3. The number of carbonyl (C=O) groups is 1. The van der Waals surface area contributed by atoms with Crippen molar-refractivity contribution in [2.45, 2.75) is 26.3 Å². The standard InChI is InChI=1S/C20H22N2O3/c1-13(2)20(24)22-18(16-9-4-5-10-19(16)23)12-17(21-22)14-7-6-8-15(11-14)25-3/h4-11,13,18,23H,12H2,1-3H3/t18-/m0/s1. The van der Waals surface area contributed by atoms with Crippen LogP contribution in [-0.2, 0) is 4.79 Å². The second-order valence-electron chi connectivity index (χ2n) is 6.39. The number of hydrazone groups is 1. The molecule has 1 amide bonds. The van der Waals surface area contributed by atoms with Gasteiger partial charge >= 0.3 is 0 Å². The first kappa shape index (κ1) is 17.0. The van der Waals surface area contributed by atoms with E-state index in [1.165, 1.54) is 5.01 Å². The number of ether oxygens (including phenoxy) is 1. The molecule has 0 bridgehead atoms. The van der Waals surface area contributed by atoms with Crippen molar-refractivity contribution in [3.8, 4) is 11.5 Å². The molecule has 0 aromatic heterocycles. The Balaban J connectivity index is 2.00. The van der Waals surface area contributed by atoms with E-state index < -0.39 is 0 Å². The summed E-state index contributed by atoms with van der Waals surface area (Å²) in [6, 6.07) is 14.4. The van der Waals surface area contributed by atoms with E-state index in [1.807, 2.05) is 50.2 Å². The Hall–Kier alpha value is -2.82. The first-order chi connectivity index (χ1) is 12.0. The predicted octanol–water partition coefficient (Wildman–Crippen LogP) is 3.73. The Morgan fingerprint density at radius 1 is 1.24 bits per heavy atom. The zero-order valence-electron chi connectivity index (χ0n) is 14.6. The van der Waals surface area contributed by atoms with Gasteiger partial charge in [0.15, 0.2) is 0 Å². The lowest BCUT2D eigenvalue weighted by Gasteiger charge is -2.24. The second-order valence-corrected chi connectivity index (χ2v) is 6.39. The van der Waals surface area contributed by atoms with E-state index in [2.05, 4.69) is 5.10 Å². The lowest BCUT2D eigenvalue weighted by molar-refractivity contribution is -0.136. The molecule has 130 valence electrons. The summed E-state index contributed by atoms with van der Waals surface area (Å²) in [7, 11) is 1.62. The first-order valence-electron chi connectivity index (χ1n) is 8.34. The zero-order valence-corrected chi connectivity index (χ0v) is 14.6. The van der Waals surface area contributed by atoms with Crippen LogP contribution < -0.4 is 4.74 Å². The molecule has 1 aliphatic rings. The normalized spacial score (nSPS) is 16.9. The number of phenols is 1. The topological polar surface area (TPSA) is 62.1 Å². The SMILES string of the molecule is COc1cccc(C2=NN(C(=O)C(C)C)[C@H](c3ccccc3O)C2)c1. The van der Waals surface area contributed by atoms with Crippen LogP contribution in [0.3, 0.4) is 0 Å². The molecule has 5 nitrogen and oxygen atoms in total. The molecule has 1 N–H and O–H groups in total. The minimum Gasteiger partial charge on any atom is -0.508 e. The molecule has 0 saturated carbocycles. The van der Waals surface area contributed by atoms with Gasteiger partial charge in [0.2, 0.25) is 5.91 Å². The first-order valence-corrected chi connectivity index (χ1v) is 8.34. The highest BCUT2D eigenvalue weighted by molar-refractivity contribution is 6.03. The average Bonchev–Trinajstić information content (AvgIpc) is 3.06. The largest absolute Gasteiger partial charge is 0.508 e. The van der Waals surface area contributed by atoms with E-state index in [-0.39, 0.29) is 23.6 Å². The predicted molar refractivity (Wildman–Crippen MR) is 96.7 cm³/mol. The molecule has 0 saturated heterocycles. The number of rotatable bonds is 4. The van der Waals surface area contributed by atoms with Crippen LogP contribution in [0.25, 0.3) is 0 Å². The number of carbonyl (C=O) groups excluding carboxylic acids is 1. The quantitative estimate of drug-likeness (QED) is 0.924. The average molecular weight is 338 g/mol.